The van der Waals surface area contributed by atoms with Crippen LogP contribution in [-0.4, -0.2) is 25.0 Å². The van der Waals surface area contributed by atoms with Crippen molar-refractivity contribution in [3.05, 3.63) is 35.9 Å². The van der Waals surface area contributed by atoms with Crippen molar-refractivity contribution >= 4 is 5.91 Å². The smallest absolute Gasteiger partial charge is 0.223 e. The first kappa shape index (κ1) is 14.6. The molecule has 1 heterocycles. The molecular formula is C18H26N2O. The fraction of sp³-hybridized carbons (Fsp3) is 0.611. The maximum absolute atomic E-state index is 12.3. The monoisotopic (exact) mass is 286 g/mol. The van der Waals surface area contributed by atoms with Crippen molar-refractivity contribution in [3.63, 3.8) is 0 Å². The second-order valence-electron chi connectivity index (χ2n) is 6.67. The van der Waals surface area contributed by atoms with Crippen molar-refractivity contribution in [2.75, 3.05) is 13.1 Å². The summed E-state index contributed by atoms with van der Waals surface area (Å²) in [6, 6.07) is 11.2. The minimum absolute atomic E-state index is 0.151. The summed E-state index contributed by atoms with van der Waals surface area (Å²) in [5.74, 6) is 1.61. The minimum atomic E-state index is 0.151. The van der Waals surface area contributed by atoms with Gasteiger partial charge in [-0.2, -0.15) is 0 Å². The highest BCUT2D eigenvalue weighted by Crippen LogP contribution is 2.32. The Labute approximate surface area is 127 Å². The Morgan fingerprint density at radius 1 is 1.14 bits per heavy atom. The Hall–Kier alpha value is -1.35. The van der Waals surface area contributed by atoms with Gasteiger partial charge in [-0.3, -0.25) is 4.79 Å². The van der Waals surface area contributed by atoms with Crippen LogP contribution in [0, 0.1) is 11.8 Å². The number of hydrogen-bond acceptors (Lipinski definition) is 2. The van der Waals surface area contributed by atoms with Crippen molar-refractivity contribution in [2.24, 2.45) is 11.8 Å². The standard InChI is InChI=1S/C18H26N2O/c1-13(16-11-19-12-16)18(21)20-17-9-7-15(8-10-17)14-5-3-2-4-6-14/h2-6,13,15-17,19H,7-12H2,1H3,(H,20,21). The van der Waals surface area contributed by atoms with Crippen LogP contribution in [-0.2, 0) is 4.79 Å². The SMILES string of the molecule is CC(C(=O)NC1CCC(c2ccccc2)CC1)C1CNC1. The van der Waals surface area contributed by atoms with E-state index in [4.69, 9.17) is 0 Å². The van der Waals surface area contributed by atoms with Crippen LogP contribution in [0.15, 0.2) is 30.3 Å². The number of carbonyl (C=O) groups is 1. The van der Waals surface area contributed by atoms with Crippen LogP contribution in [0.5, 0.6) is 0 Å². The molecule has 3 rings (SSSR count). The second-order valence-corrected chi connectivity index (χ2v) is 6.67. The molecule has 1 aromatic rings. The Balaban J connectivity index is 1.46. The first-order chi connectivity index (χ1) is 10.2. The Bertz CT molecular complexity index is 461. The van der Waals surface area contributed by atoms with Crippen molar-refractivity contribution in [3.8, 4) is 0 Å². The number of hydrogen-bond donors (Lipinski definition) is 2. The zero-order valence-electron chi connectivity index (χ0n) is 12.8. The summed E-state index contributed by atoms with van der Waals surface area (Å²) in [7, 11) is 0. The van der Waals surface area contributed by atoms with E-state index in [-0.39, 0.29) is 11.8 Å². The lowest BCUT2D eigenvalue weighted by atomic mass is 9.81. The van der Waals surface area contributed by atoms with Crippen LogP contribution in [0.25, 0.3) is 0 Å². The van der Waals surface area contributed by atoms with Crippen LogP contribution in [0.2, 0.25) is 0 Å². The van der Waals surface area contributed by atoms with Gasteiger partial charge in [-0.25, -0.2) is 0 Å². The van der Waals surface area contributed by atoms with Gasteiger partial charge in [0.2, 0.25) is 5.91 Å². The molecular weight excluding hydrogens is 260 g/mol. The molecule has 0 bridgehead atoms. The summed E-state index contributed by atoms with van der Waals surface area (Å²) >= 11 is 0. The van der Waals surface area contributed by atoms with Gasteiger partial charge in [0.05, 0.1) is 0 Å². The largest absolute Gasteiger partial charge is 0.353 e. The van der Waals surface area contributed by atoms with E-state index in [9.17, 15) is 4.79 Å². The van der Waals surface area contributed by atoms with Crippen molar-refractivity contribution < 1.29 is 4.79 Å². The van der Waals surface area contributed by atoms with E-state index in [0.717, 1.165) is 25.9 Å². The number of amides is 1. The number of benzene rings is 1. The predicted molar refractivity (Wildman–Crippen MR) is 85.1 cm³/mol. The Morgan fingerprint density at radius 2 is 1.81 bits per heavy atom. The Morgan fingerprint density at radius 3 is 2.38 bits per heavy atom. The minimum Gasteiger partial charge on any atom is -0.353 e. The van der Waals surface area contributed by atoms with Gasteiger partial charge in [-0.05, 0) is 56.2 Å². The van der Waals surface area contributed by atoms with E-state index in [0.29, 0.717) is 17.9 Å². The number of nitrogens with one attached hydrogen (secondary N) is 2. The molecule has 0 radical (unpaired) electrons. The van der Waals surface area contributed by atoms with Crippen LogP contribution in [0.1, 0.15) is 44.1 Å². The zero-order valence-corrected chi connectivity index (χ0v) is 12.8. The third-order valence-corrected chi connectivity index (χ3v) is 5.28. The topological polar surface area (TPSA) is 41.1 Å². The number of carbonyl (C=O) groups excluding carboxylic acids is 1. The van der Waals surface area contributed by atoms with E-state index in [1.54, 1.807) is 0 Å². The fourth-order valence-electron chi connectivity index (χ4n) is 3.51. The van der Waals surface area contributed by atoms with E-state index in [1.807, 2.05) is 0 Å². The summed E-state index contributed by atoms with van der Waals surface area (Å²) in [6.45, 7) is 4.06. The van der Waals surface area contributed by atoms with Crippen molar-refractivity contribution in [1.82, 2.24) is 10.6 Å². The first-order valence-corrected chi connectivity index (χ1v) is 8.30. The first-order valence-electron chi connectivity index (χ1n) is 8.30. The van der Waals surface area contributed by atoms with Gasteiger partial charge in [0, 0.05) is 12.0 Å². The third-order valence-electron chi connectivity index (χ3n) is 5.28. The summed E-state index contributed by atoms with van der Waals surface area (Å²) in [5.41, 5.74) is 1.45. The van der Waals surface area contributed by atoms with Crippen LogP contribution >= 0.6 is 0 Å². The van der Waals surface area contributed by atoms with Gasteiger partial charge < -0.3 is 10.6 Å². The van der Waals surface area contributed by atoms with Crippen LogP contribution in [0.3, 0.4) is 0 Å². The predicted octanol–water partition coefficient (Wildman–Crippen LogP) is 2.68. The maximum Gasteiger partial charge on any atom is 0.223 e. The van der Waals surface area contributed by atoms with E-state index in [1.165, 1.54) is 18.4 Å². The highest BCUT2D eigenvalue weighted by Gasteiger charge is 2.30. The molecule has 3 nitrogen and oxygen atoms in total. The molecule has 1 aliphatic carbocycles. The van der Waals surface area contributed by atoms with Gasteiger partial charge in [0.15, 0.2) is 0 Å². The lowest BCUT2D eigenvalue weighted by molar-refractivity contribution is -0.127. The number of rotatable bonds is 4. The molecule has 3 heteroatoms. The van der Waals surface area contributed by atoms with Gasteiger partial charge in [0.25, 0.3) is 0 Å². The summed E-state index contributed by atoms with van der Waals surface area (Å²) in [6.07, 6.45) is 4.60. The quantitative estimate of drug-likeness (QED) is 0.893. The van der Waals surface area contributed by atoms with Gasteiger partial charge >= 0.3 is 0 Å². The molecule has 1 saturated carbocycles. The second kappa shape index (κ2) is 6.61. The van der Waals surface area contributed by atoms with E-state index in [2.05, 4.69) is 47.9 Å². The average molecular weight is 286 g/mol. The normalized spacial score (nSPS) is 27.7. The van der Waals surface area contributed by atoms with Gasteiger partial charge in [-0.1, -0.05) is 37.3 Å². The molecule has 1 unspecified atom stereocenters. The molecule has 1 saturated heterocycles. The summed E-state index contributed by atoms with van der Waals surface area (Å²) < 4.78 is 0. The maximum atomic E-state index is 12.3. The summed E-state index contributed by atoms with van der Waals surface area (Å²) in [4.78, 5) is 12.3. The fourth-order valence-corrected chi connectivity index (χ4v) is 3.51. The molecule has 0 spiro atoms. The lowest BCUT2D eigenvalue weighted by Gasteiger charge is -2.34. The molecule has 21 heavy (non-hydrogen) atoms. The highest BCUT2D eigenvalue weighted by molar-refractivity contribution is 5.79. The average Bonchev–Trinajstić information content (AvgIpc) is 2.47. The molecule has 1 aliphatic heterocycles. The summed E-state index contributed by atoms with van der Waals surface area (Å²) in [5, 5.41) is 6.52. The molecule has 1 aromatic carbocycles. The van der Waals surface area contributed by atoms with Crippen LogP contribution < -0.4 is 10.6 Å². The molecule has 114 valence electrons. The molecule has 2 aliphatic rings. The van der Waals surface area contributed by atoms with Crippen molar-refractivity contribution in [2.45, 2.75) is 44.6 Å². The molecule has 2 fully saturated rings. The highest BCUT2D eigenvalue weighted by atomic mass is 16.1. The van der Waals surface area contributed by atoms with E-state index < -0.39 is 0 Å². The van der Waals surface area contributed by atoms with E-state index >= 15 is 0 Å². The van der Waals surface area contributed by atoms with Crippen LogP contribution in [0.4, 0.5) is 0 Å². The molecule has 2 N–H and O–H groups in total. The Kier molecular flexibility index (Phi) is 4.59. The van der Waals surface area contributed by atoms with Crippen molar-refractivity contribution in [1.29, 1.82) is 0 Å². The zero-order chi connectivity index (χ0) is 14.7. The molecule has 0 aromatic heterocycles. The molecule has 1 amide bonds. The lowest BCUT2D eigenvalue weighted by Crippen LogP contribution is -2.51. The molecule has 1 atom stereocenters. The van der Waals surface area contributed by atoms with Gasteiger partial charge in [-0.15, -0.1) is 0 Å². The third kappa shape index (κ3) is 3.46. The van der Waals surface area contributed by atoms with Gasteiger partial charge in [0.1, 0.15) is 0 Å².